The summed E-state index contributed by atoms with van der Waals surface area (Å²) in [4.78, 5) is 33.8. The van der Waals surface area contributed by atoms with E-state index in [4.69, 9.17) is 9.84 Å². The van der Waals surface area contributed by atoms with E-state index in [1.165, 1.54) is 0 Å². The molecule has 2 fully saturated rings. The number of ether oxygens (including phenoxy) is 2. The molecule has 0 saturated carbocycles. The van der Waals surface area contributed by atoms with Crippen molar-refractivity contribution in [3.05, 3.63) is 0 Å². The molecule has 2 aliphatic heterocycles. The average Bonchev–Trinajstić information content (AvgIpc) is 3.00. The Morgan fingerprint density at radius 1 is 1.53 bits per heavy atom. The van der Waals surface area contributed by atoms with Gasteiger partial charge in [-0.1, -0.05) is 0 Å². The molecular formula is C11H15NO7. The van der Waals surface area contributed by atoms with Crippen molar-refractivity contribution in [2.75, 3.05) is 13.2 Å². The molecule has 4 atom stereocenters. The van der Waals surface area contributed by atoms with Gasteiger partial charge in [0.25, 0.3) is 0 Å². The topological polar surface area (TPSA) is 122 Å². The highest BCUT2D eigenvalue weighted by Gasteiger charge is 2.46. The van der Waals surface area contributed by atoms with Gasteiger partial charge in [0.2, 0.25) is 11.9 Å². The number of carbonyl (C=O) groups excluding carboxylic acids is 3. The second-order valence-corrected chi connectivity index (χ2v) is 4.51. The van der Waals surface area contributed by atoms with Gasteiger partial charge in [-0.3, -0.25) is 9.59 Å². The highest BCUT2D eigenvalue weighted by molar-refractivity contribution is 6.09. The Morgan fingerprint density at radius 3 is 2.79 bits per heavy atom. The van der Waals surface area contributed by atoms with E-state index in [0.29, 0.717) is 6.42 Å². The minimum Gasteiger partial charge on any atom is -0.462 e. The standard InChI is InChI=1S/C11H15NO7/c13-6(9-7(14)8(15)11(17)19-9)4-18-10(16)5-2-1-3-12-5/h5-6,8-9,12-13,15H,1-4H2/t5-,6-,8?,9+/m0/s1. The Labute approximate surface area is 108 Å². The molecule has 2 rings (SSSR count). The molecule has 1 unspecified atom stereocenters. The van der Waals surface area contributed by atoms with Crippen LogP contribution in [0.3, 0.4) is 0 Å². The minimum absolute atomic E-state index is 0.403. The predicted octanol–water partition coefficient (Wildman–Crippen LogP) is -2.50. The van der Waals surface area contributed by atoms with Crippen LogP contribution >= 0.6 is 0 Å². The lowest BCUT2D eigenvalue weighted by atomic mass is 10.1. The first-order valence-electron chi connectivity index (χ1n) is 6.01. The lowest BCUT2D eigenvalue weighted by molar-refractivity contribution is -0.157. The number of carbonyl (C=O) groups is 3. The predicted molar refractivity (Wildman–Crippen MR) is 58.9 cm³/mol. The van der Waals surface area contributed by atoms with Crippen molar-refractivity contribution in [3.8, 4) is 0 Å². The Morgan fingerprint density at radius 2 is 2.26 bits per heavy atom. The quantitative estimate of drug-likeness (QED) is 0.379. The van der Waals surface area contributed by atoms with Crippen LogP contribution in [0.2, 0.25) is 0 Å². The zero-order valence-corrected chi connectivity index (χ0v) is 10.1. The summed E-state index contributed by atoms with van der Waals surface area (Å²) >= 11 is 0. The smallest absolute Gasteiger partial charge is 0.343 e. The highest BCUT2D eigenvalue weighted by atomic mass is 16.6. The van der Waals surface area contributed by atoms with E-state index in [1.807, 2.05) is 0 Å². The van der Waals surface area contributed by atoms with Crippen molar-refractivity contribution < 1.29 is 34.1 Å². The van der Waals surface area contributed by atoms with Gasteiger partial charge in [0.15, 0.2) is 6.10 Å². The van der Waals surface area contributed by atoms with Gasteiger partial charge in [-0.2, -0.15) is 0 Å². The number of Topliss-reactive ketones (excluding diaryl/α,β-unsaturated/α-hetero) is 1. The van der Waals surface area contributed by atoms with Crippen molar-refractivity contribution in [2.24, 2.45) is 0 Å². The van der Waals surface area contributed by atoms with Crippen LogP contribution in [0.15, 0.2) is 0 Å². The number of nitrogens with one attached hydrogen (secondary N) is 1. The van der Waals surface area contributed by atoms with Gasteiger partial charge in [0.1, 0.15) is 18.8 Å². The average molecular weight is 273 g/mol. The van der Waals surface area contributed by atoms with Gasteiger partial charge in [0, 0.05) is 0 Å². The Kier molecular flexibility index (Phi) is 4.13. The molecule has 2 saturated heterocycles. The van der Waals surface area contributed by atoms with Crippen LogP contribution in [0, 0.1) is 0 Å². The molecule has 8 nitrogen and oxygen atoms in total. The number of hydrogen-bond acceptors (Lipinski definition) is 8. The third-order valence-corrected chi connectivity index (χ3v) is 3.11. The van der Waals surface area contributed by atoms with Gasteiger partial charge < -0.3 is 25.0 Å². The summed E-state index contributed by atoms with van der Waals surface area (Å²) in [6.45, 7) is 0.265. The molecule has 0 bridgehead atoms. The van der Waals surface area contributed by atoms with Crippen molar-refractivity contribution in [1.82, 2.24) is 5.32 Å². The van der Waals surface area contributed by atoms with E-state index < -0.39 is 48.7 Å². The second kappa shape index (κ2) is 5.64. The first-order chi connectivity index (χ1) is 9.00. The Balaban J connectivity index is 1.81. The number of esters is 2. The number of hydrogen-bond donors (Lipinski definition) is 3. The van der Waals surface area contributed by atoms with E-state index in [-0.39, 0.29) is 0 Å². The summed E-state index contributed by atoms with van der Waals surface area (Å²) in [7, 11) is 0. The maximum Gasteiger partial charge on any atom is 0.343 e. The van der Waals surface area contributed by atoms with Crippen molar-refractivity contribution >= 4 is 17.7 Å². The molecule has 0 radical (unpaired) electrons. The van der Waals surface area contributed by atoms with Crippen LogP contribution in [0.25, 0.3) is 0 Å². The van der Waals surface area contributed by atoms with Crippen LogP contribution in [-0.2, 0) is 23.9 Å². The lowest BCUT2D eigenvalue weighted by Crippen LogP contribution is -2.40. The first-order valence-corrected chi connectivity index (χ1v) is 6.01. The fourth-order valence-corrected chi connectivity index (χ4v) is 2.03. The summed E-state index contributed by atoms with van der Waals surface area (Å²) in [5.74, 6) is -2.54. The molecule has 19 heavy (non-hydrogen) atoms. The molecule has 0 aliphatic carbocycles. The number of ketones is 1. The van der Waals surface area contributed by atoms with Crippen LogP contribution < -0.4 is 5.32 Å². The highest BCUT2D eigenvalue weighted by Crippen LogP contribution is 2.15. The first kappa shape index (κ1) is 13.9. The van der Waals surface area contributed by atoms with Gasteiger partial charge in [-0.15, -0.1) is 0 Å². The number of cyclic esters (lactones) is 1. The van der Waals surface area contributed by atoms with Gasteiger partial charge in [-0.05, 0) is 19.4 Å². The molecular weight excluding hydrogens is 258 g/mol. The van der Waals surface area contributed by atoms with Crippen molar-refractivity contribution in [2.45, 2.75) is 37.2 Å². The monoisotopic (exact) mass is 273 g/mol. The van der Waals surface area contributed by atoms with E-state index >= 15 is 0 Å². The van der Waals surface area contributed by atoms with Crippen molar-refractivity contribution in [1.29, 1.82) is 0 Å². The van der Waals surface area contributed by atoms with Gasteiger partial charge >= 0.3 is 11.9 Å². The fourth-order valence-electron chi connectivity index (χ4n) is 2.03. The van der Waals surface area contributed by atoms with Gasteiger partial charge in [-0.25, -0.2) is 4.79 Å². The summed E-state index contributed by atoms with van der Waals surface area (Å²) in [6, 6.07) is -0.403. The maximum atomic E-state index is 11.5. The second-order valence-electron chi connectivity index (χ2n) is 4.51. The Bertz CT molecular complexity index is 391. The fraction of sp³-hybridized carbons (Fsp3) is 0.727. The third-order valence-electron chi connectivity index (χ3n) is 3.11. The molecule has 0 aromatic heterocycles. The summed E-state index contributed by atoms with van der Waals surface area (Å²) < 4.78 is 9.35. The zero-order chi connectivity index (χ0) is 14.0. The van der Waals surface area contributed by atoms with E-state index in [2.05, 4.69) is 10.1 Å². The van der Waals surface area contributed by atoms with Crippen LogP contribution in [0.5, 0.6) is 0 Å². The summed E-state index contributed by atoms with van der Waals surface area (Å²) in [6.07, 6.45) is -3.30. The molecule has 0 spiro atoms. The molecule has 2 heterocycles. The van der Waals surface area contributed by atoms with Crippen LogP contribution in [-0.4, -0.2) is 65.4 Å². The minimum atomic E-state index is -1.87. The number of rotatable bonds is 4. The molecule has 2 aliphatic rings. The van der Waals surface area contributed by atoms with Crippen molar-refractivity contribution in [3.63, 3.8) is 0 Å². The van der Waals surface area contributed by atoms with E-state index in [9.17, 15) is 19.5 Å². The lowest BCUT2D eigenvalue weighted by Gasteiger charge is -2.17. The molecule has 106 valence electrons. The zero-order valence-electron chi connectivity index (χ0n) is 10.1. The largest absolute Gasteiger partial charge is 0.462 e. The van der Waals surface area contributed by atoms with Gasteiger partial charge in [0.05, 0.1) is 0 Å². The summed E-state index contributed by atoms with van der Waals surface area (Å²) in [5, 5.41) is 21.6. The normalized spacial score (nSPS) is 32.2. The molecule has 3 N–H and O–H groups in total. The molecule has 0 amide bonds. The molecule has 0 aromatic rings. The van der Waals surface area contributed by atoms with Crippen LogP contribution in [0.1, 0.15) is 12.8 Å². The maximum absolute atomic E-state index is 11.5. The molecule has 0 aromatic carbocycles. The van der Waals surface area contributed by atoms with E-state index in [0.717, 1.165) is 13.0 Å². The SMILES string of the molecule is O=C1O[C@H]([C@@H](O)COC(=O)[C@@H]2CCCN2)C(=O)C1O. The molecule has 8 heteroatoms. The third kappa shape index (κ3) is 2.91. The Hall–Kier alpha value is -1.51. The van der Waals surface area contributed by atoms with E-state index in [1.54, 1.807) is 0 Å². The summed E-state index contributed by atoms with van der Waals surface area (Å²) in [5.41, 5.74) is 0. The van der Waals surface area contributed by atoms with Crippen LogP contribution in [0.4, 0.5) is 0 Å². The number of aliphatic hydroxyl groups is 2. The number of aliphatic hydroxyl groups excluding tert-OH is 2.